The molecular formula is C11H7NO2. The summed E-state index contributed by atoms with van der Waals surface area (Å²) in [6.45, 7) is 0. The molecule has 0 saturated heterocycles. The van der Waals surface area contributed by atoms with E-state index in [2.05, 4.69) is 0 Å². The van der Waals surface area contributed by atoms with Gasteiger partial charge in [-0.25, -0.2) is 4.57 Å². The Morgan fingerprint density at radius 1 is 1.14 bits per heavy atom. The average molecular weight is 185 g/mol. The van der Waals surface area contributed by atoms with Gasteiger partial charge in [-0.2, -0.15) is 0 Å². The minimum atomic E-state index is -0.213. The molecule has 0 N–H and O–H groups in total. The van der Waals surface area contributed by atoms with Crippen LogP contribution in [0.1, 0.15) is 10.4 Å². The van der Waals surface area contributed by atoms with E-state index in [0.717, 1.165) is 16.8 Å². The van der Waals surface area contributed by atoms with E-state index in [1.807, 2.05) is 24.3 Å². The molecule has 0 amide bonds. The normalized spacial score (nSPS) is 13.9. The molecule has 3 rings (SSSR count). The third-order valence-electron chi connectivity index (χ3n) is 2.58. The van der Waals surface area contributed by atoms with E-state index in [1.54, 1.807) is 0 Å². The van der Waals surface area contributed by atoms with Crippen molar-refractivity contribution in [3.05, 3.63) is 46.2 Å². The summed E-state index contributed by atoms with van der Waals surface area (Å²) in [5.41, 5.74) is 2.36. The Kier molecular flexibility index (Phi) is 1.24. The molecule has 0 aromatic rings. The molecule has 0 radical (unpaired) electrons. The number of aromatic nitrogens is 1. The van der Waals surface area contributed by atoms with Crippen LogP contribution in [0, 0.1) is 0 Å². The maximum Gasteiger partial charge on any atom is 0.258 e. The zero-order valence-corrected chi connectivity index (χ0v) is 7.36. The Balaban J connectivity index is 2.55. The zero-order valence-electron chi connectivity index (χ0n) is 7.36. The number of rotatable bonds is 0. The first-order valence-corrected chi connectivity index (χ1v) is 4.44. The van der Waals surface area contributed by atoms with Crippen molar-refractivity contribution >= 4 is 5.91 Å². The van der Waals surface area contributed by atoms with Crippen LogP contribution in [0.5, 0.6) is 0 Å². The van der Waals surface area contributed by atoms with Crippen molar-refractivity contribution < 1.29 is 4.79 Å². The monoisotopic (exact) mass is 185 g/mol. The first-order valence-electron chi connectivity index (χ1n) is 4.44. The van der Waals surface area contributed by atoms with Gasteiger partial charge in [0.1, 0.15) is 0 Å². The van der Waals surface area contributed by atoms with Crippen LogP contribution in [0.15, 0.2) is 35.1 Å². The summed E-state index contributed by atoms with van der Waals surface area (Å²) in [5.74, 6) is -0.119. The van der Waals surface area contributed by atoms with E-state index in [-0.39, 0.29) is 11.5 Å². The Morgan fingerprint density at radius 2 is 1.93 bits per heavy atom. The Labute approximate surface area is 79.9 Å². The third-order valence-corrected chi connectivity index (χ3v) is 2.58. The fourth-order valence-electron chi connectivity index (χ4n) is 2.00. The summed E-state index contributed by atoms with van der Waals surface area (Å²) in [5, 5.41) is 0. The second-order valence-corrected chi connectivity index (χ2v) is 3.44. The molecule has 2 heterocycles. The SMILES string of the molecule is O=C1Cc2ccccc3cc(=O)n1c2-3. The molecule has 0 bridgehead atoms. The summed E-state index contributed by atoms with van der Waals surface area (Å²) in [6, 6.07) is 9.03. The van der Waals surface area contributed by atoms with Gasteiger partial charge in [-0.15, -0.1) is 0 Å². The Hall–Kier alpha value is -1.90. The van der Waals surface area contributed by atoms with Gasteiger partial charge in [-0.05, 0) is 5.56 Å². The van der Waals surface area contributed by atoms with Crippen LogP contribution < -0.4 is 5.56 Å². The maximum atomic E-state index is 11.5. The van der Waals surface area contributed by atoms with Crippen LogP contribution in [0.25, 0.3) is 11.3 Å². The molecule has 0 fully saturated rings. The van der Waals surface area contributed by atoms with E-state index >= 15 is 0 Å². The van der Waals surface area contributed by atoms with Crippen LogP contribution in [0.2, 0.25) is 0 Å². The number of hydrogen-bond donors (Lipinski definition) is 0. The molecule has 3 nitrogen and oxygen atoms in total. The van der Waals surface area contributed by atoms with E-state index in [0.29, 0.717) is 6.42 Å². The summed E-state index contributed by atoms with van der Waals surface area (Å²) >= 11 is 0. The van der Waals surface area contributed by atoms with Gasteiger partial charge >= 0.3 is 0 Å². The minimum Gasteiger partial charge on any atom is -0.274 e. The van der Waals surface area contributed by atoms with Gasteiger partial charge in [0, 0.05) is 11.6 Å². The molecule has 68 valence electrons. The molecule has 3 aliphatic rings. The highest BCUT2D eigenvalue weighted by Gasteiger charge is 2.26. The number of carbonyl (C=O) groups is 1. The second kappa shape index (κ2) is 2.32. The summed E-state index contributed by atoms with van der Waals surface area (Å²) in [7, 11) is 0. The van der Waals surface area contributed by atoms with Crippen molar-refractivity contribution in [1.29, 1.82) is 0 Å². The van der Waals surface area contributed by atoms with Gasteiger partial charge in [0.2, 0.25) is 5.91 Å². The lowest BCUT2D eigenvalue weighted by molar-refractivity contribution is 0.0924. The minimum absolute atomic E-state index is 0.119. The molecule has 0 spiro atoms. The lowest BCUT2D eigenvalue weighted by Gasteiger charge is -1.92. The Bertz CT molecular complexity index is 568. The second-order valence-electron chi connectivity index (χ2n) is 3.44. The lowest BCUT2D eigenvalue weighted by Crippen LogP contribution is -2.19. The molecule has 1 aliphatic carbocycles. The van der Waals surface area contributed by atoms with Crippen LogP contribution in [0.3, 0.4) is 0 Å². The first kappa shape index (κ1) is 7.50. The lowest BCUT2D eigenvalue weighted by atomic mass is 10.1. The highest BCUT2D eigenvalue weighted by atomic mass is 16.2. The topological polar surface area (TPSA) is 39.1 Å². The van der Waals surface area contributed by atoms with Crippen molar-refractivity contribution in [3.8, 4) is 11.3 Å². The predicted octanol–water partition coefficient (Wildman–Crippen LogP) is 1.15. The van der Waals surface area contributed by atoms with E-state index in [9.17, 15) is 9.59 Å². The van der Waals surface area contributed by atoms with Gasteiger partial charge in [-0.1, -0.05) is 24.3 Å². The van der Waals surface area contributed by atoms with Crippen molar-refractivity contribution in [3.63, 3.8) is 0 Å². The summed E-state index contributed by atoms with van der Waals surface area (Å²) in [6.07, 6.45) is 0.344. The number of carbonyl (C=O) groups excluding carboxylic acids is 1. The molecule has 0 saturated carbocycles. The van der Waals surface area contributed by atoms with Gasteiger partial charge in [0.15, 0.2) is 0 Å². The summed E-state index contributed by atoms with van der Waals surface area (Å²) in [4.78, 5) is 23.0. The molecule has 3 heteroatoms. The zero-order chi connectivity index (χ0) is 9.71. The molecule has 2 aliphatic heterocycles. The van der Waals surface area contributed by atoms with E-state index in [4.69, 9.17) is 0 Å². The van der Waals surface area contributed by atoms with Gasteiger partial charge in [0.25, 0.3) is 5.56 Å². The molecule has 0 aromatic heterocycles. The van der Waals surface area contributed by atoms with Crippen LogP contribution in [0.4, 0.5) is 0 Å². The fourth-order valence-corrected chi connectivity index (χ4v) is 2.00. The van der Waals surface area contributed by atoms with Crippen molar-refractivity contribution in [2.45, 2.75) is 6.42 Å². The van der Waals surface area contributed by atoms with Gasteiger partial charge < -0.3 is 0 Å². The highest BCUT2D eigenvalue weighted by Crippen LogP contribution is 2.28. The highest BCUT2D eigenvalue weighted by molar-refractivity contribution is 5.93. The standard InChI is InChI=1S/C11H7NO2/c13-9-5-7-3-1-2-4-8-6-10(14)12(9)11(7)8/h1-5H,6H2. The molecule has 0 aromatic carbocycles. The molecule has 0 atom stereocenters. The average Bonchev–Trinajstić information content (AvgIpc) is 2.56. The van der Waals surface area contributed by atoms with Crippen LogP contribution in [-0.2, 0) is 6.42 Å². The smallest absolute Gasteiger partial charge is 0.258 e. The molecule has 14 heavy (non-hydrogen) atoms. The Morgan fingerprint density at radius 3 is 2.79 bits per heavy atom. The van der Waals surface area contributed by atoms with Crippen LogP contribution >= 0.6 is 0 Å². The number of nitrogens with zero attached hydrogens (tertiary/aromatic N) is 1. The quantitative estimate of drug-likeness (QED) is 0.617. The predicted molar refractivity (Wildman–Crippen MR) is 51.7 cm³/mol. The molecular weight excluding hydrogens is 178 g/mol. The van der Waals surface area contributed by atoms with Crippen LogP contribution in [-0.4, -0.2) is 10.5 Å². The first-order chi connectivity index (χ1) is 6.77. The summed E-state index contributed by atoms with van der Waals surface area (Å²) < 4.78 is 1.27. The van der Waals surface area contributed by atoms with Gasteiger partial charge in [-0.3, -0.25) is 9.59 Å². The van der Waals surface area contributed by atoms with E-state index < -0.39 is 0 Å². The molecule has 0 unspecified atom stereocenters. The largest absolute Gasteiger partial charge is 0.274 e. The number of hydrogen-bond acceptors (Lipinski definition) is 2. The van der Waals surface area contributed by atoms with Crippen molar-refractivity contribution in [1.82, 2.24) is 4.57 Å². The fraction of sp³-hybridized carbons (Fsp3) is 0.0909. The maximum absolute atomic E-state index is 11.5. The third kappa shape index (κ3) is 0.763. The van der Waals surface area contributed by atoms with E-state index in [1.165, 1.54) is 10.6 Å². The van der Waals surface area contributed by atoms with Gasteiger partial charge in [0.05, 0.1) is 12.1 Å². The van der Waals surface area contributed by atoms with Crippen molar-refractivity contribution in [2.24, 2.45) is 0 Å². The van der Waals surface area contributed by atoms with Crippen molar-refractivity contribution in [2.75, 3.05) is 0 Å².